The van der Waals surface area contributed by atoms with Crippen LogP contribution in [0, 0.1) is 6.92 Å². The number of imidazole rings is 1. The van der Waals surface area contributed by atoms with Crippen LogP contribution in [0.2, 0.25) is 0 Å². The molecule has 0 saturated heterocycles. The Morgan fingerprint density at radius 1 is 1.16 bits per heavy atom. The van der Waals surface area contributed by atoms with Crippen molar-refractivity contribution in [3.8, 4) is 22.7 Å². The van der Waals surface area contributed by atoms with Gasteiger partial charge in [0, 0.05) is 46.3 Å². The van der Waals surface area contributed by atoms with Gasteiger partial charge in [-0.25, -0.2) is 14.9 Å². The van der Waals surface area contributed by atoms with Crippen LogP contribution in [0.15, 0.2) is 74.4 Å². The summed E-state index contributed by atoms with van der Waals surface area (Å²) in [5.41, 5.74) is 5.46. The van der Waals surface area contributed by atoms with Gasteiger partial charge < -0.3 is 14.1 Å². The third kappa shape index (κ3) is 5.95. The Morgan fingerprint density at radius 2 is 2.00 bits per heavy atom. The van der Waals surface area contributed by atoms with Gasteiger partial charge in [-0.05, 0) is 74.9 Å². The summed E-state index contributed by atoms with van der Waals surface area (Å²) < 4.78 is 9.33. The predicted octanol–water partition coefficient (Wildman–Crippen LogP) is 7.71. The molecule has 0 radical (unpaired) electrons. The largest absolute Gasteiger partial charge is 0.478 e. The minimum Gasteiger partial charge on any atom is -0.478 e. The van der Waals surface area contributed by atoms with Crippen LogP contribution in [0.3, 0.4) is 0 Å². The van der Waals surface area contributed by atoms with Crippen LogP contribution in [0.25, 0.3) is 39.8 Å². The summed E-state index contributed by atoms with van der Waals surface area (Å²) in [4.78, 5) is 18.2. The van der Waals surface area contributed by atoms with Crippen molar-refractivity contribution >= 4 is 50.3 Å². The van der Waals surface area contributed by atoms with Gasteiger partial charge in [-0.1, -0.05) is 49.7 Å². The number of carbonyl (C=O) groups is 1. The maximum atomic E-state index is 12.3. The first kappa shape index (κ1) is 28.8. The molecule has 4 aromatic heterocycles. The summed E-state index contributed by atoms with van der Waals surface area (Å²) in [7, 11) is 0. The molecule has 2 aromatic carbocycles. The molecule has 11 heteroatoms. The molecule has 0 atom stereocenters. The maximum Gasteiger partial charge on any atom is 0.332 e. The maximum absolute atomic E-state index is 12.3. The SMILES string of the molecule is CCCCc1nc(C)c(C=C(Cc2cccs2)C(=O)O)n1Cc1ccc2oc(-c3ccccc3-c3nnn[nH]3)c(Br)c2c1. The minimum absolute atomic E-state index is 0.340. The summed E-state index contributed by atoms with van der Waals surface area (Å²) in [5, 5.41) is 27.3. The van der Waals surface area contributed by atoms with Crippen molar-refractivity contribution in [1.29, 1.82) is 0 Å². The highest BCUT2D eigenvalue weighted by Gasteiger charge is 2.21. The lowest BCUT2D eigenvalue weighted by Crippen LogP contribution is -2.09. The van der Waals surface area contributed by atoms with Gasteiger partial charge in [0.1, 0.15) is 17.2 Å². The summed E-state index contributed by atoms with van der Waals surface area (Å²) in [6, 6.07) is 17.8. The second-order valence-corrected chi connectivity index (χ2v) is 12.1. The molecule has 218 valence electrons. The summed E-state index contributed by atoms with van der Waals surface area (Å²) in [6.45, 7) is 4.65. The van der Waals surface area contributed by atoms with Crippen LogP contribution in [0.1, 0.15) is 47.4 Å². The number of aliphatic carboxylic acids is 1. The Balaban J connectivity index is 1.40. The number of aryl methyl sites for hydroxylation is 2. The highest BCUT2D eigenvalue weighted by molar-refractivity contribution is 9.10. The van der Waals surface area contributed by atoms with E-state index in [1.165, 1.54) is 0 Å². The number of fused-ring (bicyclic) bond motifs is 1. The number of rotatable bonds is 11. The van der Waals surface area contributed by atoms with E-state index in [-0.39, 0.29) is 0 Å². The van der Waals surface area contributed by atoms with E-state index in [1.54, 1.807) is 17.4 Å². The van der Waals surface area contributed by atoms with Crippen molar-refractivity contribution in [1.82, 2.24) is 30.2 Å². The molecule has 4 heterocycles. The fourth-order valence-corrected chi connectivity index (χ4v) is 6.55. The van der Waals surface area contributed by atoms with Gasteiger partial charge in [-0.3, -0.25) is 0 Å². The Hall–Kier alpha value is -4.35. The van der Waals surface area contributed by atoms with Crippen LogP contribution in [0.4, 0.5) is 0 Å². The second-order valence-electron chi connectivity index (χ2n) is 10.3. The molecule has 0 aliphatic heterocycles. The van der Waals surface area contributed by atoms with E-state index >= 15 is 0 Å². The van der Waals surface area contributed by atoms with Crippen LogP contribution in [-0.2, 0) is 24.2 Å². The number of carboxylic acid groups (broad SMARTS) is 1. The van der Waals surface area contributed by atoms with Gasteiger partial charge in [0.2, 0.25) is 0 Å². The van der Waals surface area contributed by atoms with Crippen LogP contribution < -0.4 is 0 Å². The first-order valence-electron chi connectivity index (χ1n) is 14.0. The quantitative estimate of drug-likeness (QED) is 0.137. The van der Waals surface area contributed by atoms with Crippen LogP contribution in [-0.4, -0.2) is 41.3 Å². The van der Waals surface area contributed by atoms with E-state index in [1.807, 2.05) is 60.8 Å². The van der Waals surface area contributed by atoms with Gasteiger partial charge in [-0.15, -0.1) is 16.4 Å². The lowest BCUT2D eigenvalue weighted by molar-refractivity contribution is -0.132. The number of H-pyrrole nitrogens is 1. The average Bonchev–Trinajstić information content (AvgIpc) is 3.82. The fourth-order valence-electron chi connectivity index (χ4n) is 5.21. The van der Waals surface area contributed by atoms with Crippen molar-refractivity contribution < 1.29 is 14.3 Å². The number of thiophene rings is 1. The molecule has 9 nitrogen and oxygen atoms in total. The number of aromatic amines is 1. The highest BCUT2D eigenvalue weighted by atomic mass is 79.9. The number of hydrogen-bond donors (Lipinski definition) is 2. The summed E-state index contributed by atoms with van der Waals surface area (Å²) in [5.74, 6) is 1.27. The molecule has 0 aliphatic carbocycles. The number of halogens is 1. The average molecular weight is 658 g/mol. The second kappa shape index (κ2) is 12.5. The van der Waals surface area contributed by atoms with Gasteiger partial charge in [0.15, 0.2) is 5.82 Å². The first-order valence-corrected chi connectivity index (χ1v) is 15.7. The smallest absolute Gasteiger partial charge is 0.332 e. The number of carboxylic acids is 1. The Bertz CT molecular complexity index is 1920. The summed E-state index contributed by atoms with van der Waals surface area (Å²) in [6.07, 6.45) is 5.01. The van der Waals surface area contributed by atoms with E-state index < -0.39 is 5.97 Å². The predicted molar refractivity (Wildman–Crippen MR) is 171 cm³/mol. The van der Waals surface area contributed by atoms with Crippen molar-refractivity contribution in [3.05, 3.63) is 97.7 Å². The van der Waals surface area contributed by atoms with Gasteiger partial charge in [-0.2, -0.15) is 0 Å². The van der Waals surface area contributed by atoms with E-state index in [0.29, 0.717) is 30.1 Å². The number of nitrogens with zero attached hydrogens (tertiary/aromatic N) is 5. The lowest BCUT2D eigenvalue weighted by atomic mass is 10.0. The van der Waals surface area contributed by atoms with Crippen LogP contribution >= 0.6 is 27.3 Å². The molecule has 0 saturated carbocycles. The van der Waals surface area contributed by atoms with E-state index in [2.05, 4.69) is 54.1 Å². The standard InChI is InChI=1S/C32H29BrN6O3S/c1-3-4-11-28-34-19(2)26(17-21(32(40)41)16-22-8-7-14-43-22)39(28)18-20-12-13-27-25(15-20)29(33)30(42-27)23-9-5-6-10-24(23)31-35-37-38-36-31/h5-10,12-15,17H,3-4,11,16,18H2,1-2H3,(H,40,41)(H,35,36,37,38). The highest BCUT2D eigenvalue weighted by Crippen LogP contribution is 2.41. The van der Waals surface area contributed by atoms with Crippen LogP contribution in [0.5, 0.6) is 0 Å². The van der Waals surface area contributed by atoms with Crippen molar-refractivity contribution in [2.75, 3.05) is 0 Å². The zero-order valence-electron chi connectivity index (χ0n) is 23.7. The van der Waals surface area contributed by atoms with Crippen molar-refractivity contribution in [2.45, 2.75) is 46.1 Å². The van der Waals surface area contributed by atoms with Crippen molar-refractivity contribution in [3.63, 3.8) is 0 Å². The number of furan rings is 1. The fraction of sp³-hybridized carbons (Fsp3) is 0.219. The first-order chi connectivity index (χ1) is 20.9. The third-order valence-electron chi connectivity index (χ3n) is 7.36. The molecule has 0 fully saturated rings. The number of benzene rings is 2. The molecule has 0 aliphatic rings. The zero-order valence-corrected chi connectivity index (χ0v) is 26.1. The van der Waals surface area contributed by atoms with Gasteiger partial charge in [0.25, 0.3) is 0 Å². The number of nitrogens with one attached hydrogen (secondary N) is 1. The van der Waals surface area contributed by atoms with E-state index in [0.717, 1.165) is 73.5 Å². The van der Waals surface area contributed by atoms with Gasteiger partial charge in [0.05, 0.1) is 15.9 Å². The topological polar surface area (TPSA) is 123 Å². The third-order valence-corrected chi connectivity index (χ3v) is 9.02. The number of hydrogen-bond acceptors (Lipinski definition) is 7. The molecule has 6 aromatic rings. The molecular formula is C32H29BrN6O3S. The monoisotopic (exact) mass is 656 g/mol. The number of tetrazole rings is 1. The zero-order chi connectivity index (χ0) is 29.9. The van der Waals surface area contributed by atoms with Gasteiger partial charge >= 0.3 is 5.97 Å². The van der Waals surface area contributed by atoms with E-state index in [4.69, 9.17) is 9.40 Å². The molecule has 2 N–H and O–H groups in total. The molecule has 6 rings (SSSR count). The molecular weight excluding hydrogens is 628 g/mol. The molecule has 43 heavy (non-hydrogen) atoms. The Labute approximate surface area is 260 Å². The lowest BCUT2D eigenvalue weighted by Gasteiger charge is -2.12. The van der Waals surface area contributed by atoms with Crippen molar-refractivity contribution in [2.24, 2.45) is 0 Å². The molecule has 0 spiro atoms. The molecule has 0 bridgehead atoms. The number of unbranched alkanes of at least 4 members (excludes halogenated alkanes) is 1. The Kier molecular flexibility index (Phi) is 8.35. The number of aromatic nitrogens is 6. The molecule has 0 amide bonds. The van der Waals surface area contributed by atoms with E-state index in [9.17, 15) is 9.90 Å². The summed E-state index contributed by atoms with van der Waals surface area (Å²) >= 11 is 5.36. The Morgan fingerprint density at radius 3 is 2.72 bits per heavy atom. The molecule has 0 unspecified atom stereocenters. The normalized spacial score (nSPS) is 11.9. The minimum atomic E-state index is -0.923.